The van der Waals surface area contributed by atoms with Gasteiger partial charge < -0.3 is 20.5 Å². The van der Waals surface area contributed by atoms with Crippen LogP contribution in [0.15, 0.2) is 54.6 Å². The van der Waals surface area contributed by atoms with Gasteiger partial charge in [-0.25, -0.2) is 0 Å². The normalized spacial score (nSPS) is 12.6. The van der Waals surface area contributed by atoms with Crippen LogP contribution in [0.5, 0.6) is 5.75 Å². The number of rotatable bonds is 8. The first-order valence-corrected chi connectivity index (χ1v) is 7.91. The Labute approximate surface area is 154 Å². The first-order valence-electron chi connectivity index (χ1n) is 7.91. The standard InChI is InChI=1S/C19H24N2O3.ClH/c1-19(20,15-8-4-3-5-9-15)18(22)21-16-10-6-11-17(14-16)24-13-7-12-23-2;/h3-6,8-11,14H,7,12-13,20H2,1-2H3,(H,21,22);1H. The summed E-state index contributed by atoms with van der Waals surface area (Å²) in [5.74, 6) is 0.424. The zero-order valence-corrected chi connectivity index (χ0v) is 15.3. The summed E-state index contributed by atoms with van der Waals surface area (Å²) < 4.78 is 10.6. The predicted octanol–water partition coefficient (Wildman–Crippen LogP) is 3.34. The maximum atomic E-state index is 12.6. The maximum Gasteiger partial charge on any atom is 0.248 e. The fourth-order valence-corrected chi connectivity index (χ4v) is 2.23. The molecule has 1 amide bonds. The smallest absolute Gasteiger partial charge is 0.248 e. The molecule has 25 heavy (non-hydrogen) atoms. The molecule has 0 aliphatic carbocycles. The molecule has 136 valence electrons. The Morgan fingerprint density at radius 1 is 1.12 bits per heavy atom. The number of carbonyl (C=O) groups is 1. The van der Waals surface area contributed by atoms with Gasteiger partial charge in [0, 0.05) is 31.9 Å². The summed E-state index contributed by atoms with van der Waals surface area (Å²) in [5.41, 5.74) is 6.52. The summed E-state index contributed by atoms with van der Waals surface area (Å²) >= 11 is 0. The number of halogens is 1. The van der Waals surface area contributed by atoms with E-state index in [1.807, 2.05) is 42.5 Å². The molecule has 3 N–H and O–H groups in total. The number of amides is 1. The second-order valence-electron chi connectivity index (χ2n) is 5.75. The van der Waals surface area contributed by atoms with Crippen molar-refractivity contribution in [1.82, 2.24) is 0 Å². The van der Waals surface area contributed by atoms with Gasteiger partial charge in [0.1, 0.15) is 11.3 Å². The number of hydrogen-bond donors (Lipinski definition) is 2. The summed E-state index contributed by atoms with van der Waals surface area (Å²) in [4.78, 5) is 12.6. The van der Waals surface area contributed by atoms with Crippen LogP contribution in [0.4, 0.5) is 5.69 Å². The van der Waals surface area contributed by atoms with Crippen LogP contribution in [-0.4, -0.2) is 26.2 Å². The van der Waals surface area contributed by atoms with Gasteiger partial charge in [-0.1, -0.05) is 36.4 Å². The molecule has 2 aromatic rings. The second-order valence-corrected chi connectivity index (χ2v) is 5.75. The van der Waals surface area contributed by atoms with E-state index in [1.165, 1.54) is 0 Å². The SMILES string of the molecule is COCCCOc1cccc(NC(=O)C(C)(N)c2ccccc2)c1.Cl. The number of hydrogen-bond acceptors (Lipinski definition) is 4. The zero-order valence-electron chi connectivity index (χ0n) is 14.5. The van der Waals surface area contributed by atoms with E-state index in [0.717, 1.165) is 12.0 Å². The lowest BCUT2D eigenvalue weighted by Gasteiger charge is -2.24. The second kappa shape index (κ2) is 10.0. The Bertz CT molecular complexity index is 663. The van der Waals surface area contributed by atoms with Gasteiger partial charge >= 0.3 is 0 Å². The van der Waals surface area contributed by atoms with E-state index in [2.05, 4.69) is 5.32 Å². The van der Waals surface area contributed by atoms with Gasteiger partial charge in [-0.15, -0.1) is 12.4 Å². The van der Waals surface area contributed by atoms with Gasteiger partial charge in [-0.2, -0.15) is 0 Å². The summed E-state index contributed by atoms with van der Waals surface area (Å²) in [5, 5.41) is 2.85. The van der Waals surface area contributed by atoms with Crippen LogP contribution in [0.1, 0.15) is 18.9 Å². The van der Waals surface area contributed by atoms with Gasteiger partial charge in [0.05, 0.1) is 6.61 Å². The topological polar surface area (TPSA) is 73.6 Å². The van der Waals surface area contributed by atoms with E-state index in [4.69, 9.17) is 15.2 Å². The van der Waals surface area contributed by atoms with E-state index in [9.17, 15) is 4.79 Å². The molecule has 0 heterocycles. The molecule has 0 aliphatic rings. The van der Waals surface area contributed by atoms with Gasteiger partial charge in [0.25, 0.3) is 0 Å². The molecule has 0 aliphatic heterocycles. The lowest BCUT2D eigenvalue weighted by molar-refractivity contribution is -0.120. The number of anilines is 1. The molecule has 0 saturated heterocycles. The highest BCUT2D eigenvalue weighted by molar-refractivity contribution is 5.98. The van der Waals surface area contributed by atoms with Crippen molar-refractivity contribution < 1.29 is 14.3 Å². The highest BCUT2D eigenvalue weighted by atomic mass is 35.5. The highest BCUT2D eigenvalue weighted by Crippen LogP contribution is 2.22. The Hall–Kier alpha value is -2.08. The van der Waals surface area contributed by atoms with Crippen LogP contribution < -0.4 is 15.8 Å². The van der Waals surface area contributed by atoms with E-state index in [1.54, 1.807) is 26.2 Å². The molecule has 2 rings (SSSR count). The van der Waals surface area contributed by atoms with Crippen LogP contribution >= 0.6 is 12.4 Å². The monoisotopic (exact) mass is 364 g/mol. The quantitative estimate of drug-likeness (QED) is 0.704. The maximum absolute atomic E-state index is 12.6. The molecule has 0 fully saturated rings. The van der Waals surface area contributed by atoms with Crippen molar-refractivity contribution in [3.63, 3.8) is 0 Å². The lowest BCUT2D eigenvalue weighted by Crippen LogP contribution is -2.45. The molecule has 0 radical (unpaired) electrons. The summed E-state index contributed by atoms with van der Waals surface area (Å²) in [6, 6.07) is 16.6. The largest absolute Gasteiger partial charge is 0.493 e. The average molecular weight is 365 g/mol. The fourth-order valence-electron chi connectivity index (χ4n) is 2.23. The van der Waals surface area contributed by atoms with E-state index < -0.39 is 5.54 Å². The van der Waals surface area contributed by atoms with Gasteiger partial charge in [0.2, 0.25) is 5.91 Å². The molecular weight excluding hydrogens is 340 g/mol. The third-order valence-corrected chi connectivity index (χ3v) is 3.70. The predicted molar refractivity (Wildman–Crippen MR) is 102 cm³/mol. The number of benzene rings is 2. The van der Waals surface area contributed by atoms with E-state index in [0.29, 0.717) is 24.7 Å². The van der Waals surface area contributed by atoms with E-state index in [-0.39, 0.29) is 18.3 Å². The average Bonchev–Trinajstić information content (AvgIpc) is 2.60. The van der Waals surface area contributed by atoms with Gasteiger partial charge in [-0.05, 0) is 24.6 Å². The van der Waals surface area contributed by atoms with Crippen LogP contribution in [0.25, 0.3) is 0 Å². The van der Waals surface area contributed by atoms with Crippen molar-refractivity contribution in [3.05, 3.63) is 60.2 Å². The van der Waals surface area contributed by atoms with Crippen LogP contribution in [0.2, 0.25) is 0 Å². The number of nitrogens with two attached hydrogens (primary N) is 1. The number of nitrogens with one attached hydrogen (secondary N) is 1. The number of methoxy groups -OCH3 is 1. The molecule has 0 aromatic heterocycles. The van der Waals surface area contributed by atoms with Gasteiger partial charge in [-0.3, -0.25) is 4.79 Å². The Morgan fingerprint density at radius 3 is 2.52 bits per heavy atom. The molecule has 0 saturated carbocycles. The Balaban J connectivity index is 0.00000312. The van der Waals surface area contributed by atoms with Crippen molar-refractivity contribution in [2.24, 2.45) is 5.73 Å². The number of carbonyl (C=O) groups excluding carboxylic acids is 1. The molecule has 1 unspecified atom stereocenters. The minimum atomic E-state index is -1.11. The van der Waals surface area contributed by atoms with Crippen LogP contribution in [0.3, 0.4) is 0 Å². The van der Waals surface area contributed by atoms with Crippen LogP contribution in [-0.2, 0) is 15.1 Å². The van der Waals surface area contributed by atoms with Crippen molar-refractivity contribution in [3.8, 4) is 5.75 Å². The first-order chi connectivity index (χ1) is 11.5. The van der Waals surface area contributed by atoms with Crippen LogP contribution in [0, 0.1) is 0 Å². The Morgan fingerprint density at radius 2 is 1.84 bits per heavy atom. The van der Waals surface area contributed by atoms with Crippen molar-refractivity contribution in [2.45, 2.75) is 18.9 Å². The lowest BCUT2D eigenvalue weighted by atomic mass is 9.92. The van der Waals surface area contributed by atoms with Gasteiger partial charge in [0.15, 0.2) is 0 Å². The minimum absolute atomic E-state index is 0. The fraction of sp³-hybridized carbons (Fsp3) is 0.316. The molecule has 1 atom stereocenters. The third kappa shape index (κ3) is 6.05. The zero-order chi connectivity index (χ0) is 17.4. The molecule has 6 heteroatoms. The molecular formula is C19H25ClN2O3. The summed E-state index contributed by atoms with van der Waals surface area (Å²) in [7, 11) is 1.66. The van der Waals surface area contributed by atoms with Crippen molar-refractivity contribution in [2.75, 3.05) is 25.6 Å². The van der Waals surface area contributed by atoms with Crippen molar-refractivity contribution >= 4 is 24.0 Å². The molecule has 5 nitrogen and oxygen atoms in total. The van der Waals surface area contributed by atoms with E-state index >= 15 is 0 Å². The summed E-state index contributed by atoms with van der Waals surface area (Å²) in [6.45, 7) is 2.91. The third-order valence-electron chi connectivity index (χ3n) is 3.70. The number of ether oxygens (including phenoxy) is 2. The highest BCUT2D eigenvalue weighted by Gasteiger charge is 2.30. The molecule has 2 aromatic carbocycles. The Kier molecular flexibility index (Phi) is 8.41. The molecule has 0 spiro atoms. The summed E-state index contributed by atoms with van der Waals surface area (Å²) in [6.07, 6.45) is 0.808. The molecule has 0 bridgehead atoms. The minimum Gasteiger partial charge on any atom is -0.493 e. The van der Waals surface area contributed by atoms with Crippen molar-refractivity contribution in [1.29, 1.82) is 0 Å². The first kappa shape index (κ1) is 21.0.